The molecular formula is C22H24FN3O4S2. The molecule has 1 aliphatic heterocycles. The number of aryl methyl sites for hydroxylation is 1. The van der Waals surface area contributed by atoms with E-state index in [0.717, 1.165) is 21.6 Å². The van der Waals surface area contributed by atoms with E-state index < -0.39 is 15.8 Å². The molecule has 10 heteroatoms. The summed E-state index contributed by atoms with van der Waals surface area (Å²) >= 11 is 1.15. The van der Waals surface area contributed by atoms with E-state index in [-0.39, 0.29) is 35.5 Å². The van der Waals surface area contributed by atoms with Crippen molar-refractivity contribution < 1.29 is 17.6 Å². The Bertz CT molecular complexity index is 1290. The first-order chi connectivity index (χ1) is 15.3. The first-order valence-corrected chi connectivity index (χ1v) is 12.9. The highest BCUT2D eigenvalue weighted by Crippen LogP contribution is 2.25. The fraction of sp³-hybridized carbons (Fsp3) is 0.364. The molecule has 0 aliphatic carbocycles. The third kappa shape index (κ3) is 4.77. The highest BCUT2D eigenvalue weighted by molar-refractivity contribution is 7.88. The Morgan fingerprint density at radius 3 is 2.50 bits per heavy atom. The van der Waals surface area contributed by atoms with Crippen LogP contribution in [0, 0.1) is 11.7 Å². The molecule has 1 fully saturated rings. The number of anilines is 1. The lowest BCUT2D eigenvalue weighted by Crippen LogP contribution is -2.41. The lowest BCUT2D eigenvalue weighted by atomic mass is 9.97. The molecule has 4 rings (SSSR count). The van der Waals surface area contributed by atoms with Crippen LogP contribution in [0.4, 0.5) is 10.1 Å². The molecule has 1 aromatic heterocycles. The van der Waals surface area contributed by atoms with Gasteiger partial charge >= 0.3 is 4.87 Å². The number of hydrogen-bond donors (Lipinski definition) is 1. The van der Waals surface area contributed by atoms with Crippen LogP contribution in [-0.4, -0.2) is 36.3 Å². The number of sulfonamides is 1. The molecule has 0 atom stereocenters. The van der Waals surface area contributed by atoms with Gasteiger partial charge in [0.25, 0.3) is 0 Å². The Morgan fingerprint density at radius 2 is 1.84 bits per heavy atom. The zero-order chi connectivity index (χ0) is 22.9. The van der Waals surface area contributed by atoms with Crippen LogP contribution in [0.5, 0.6) is 0 Å². The van der Waals surface area contributed by atoms with Crippen LogP contribution >= 0.6 is 11.3 Å². The van der Waals surface area contributed by atoms with Crippen LogP contribution < -0.4 is 10.2 Å². The normalized spacial score (nSPS) is 15.8. The molecule has 1 amide bonds. The summed E-state index contributed by atoms with van der Waals surface area (Å²) in [5, 5.41) is 2.90. The summed E-state index contributed by atoms with van der Waals surface area (Å²) in [6.45, 7) is 3.03. The second kappa shape index (κ2) is 9.13. The molecule has 2 heterocycles. The van der Waals surface area contributed by atoms with Gasteiger partial charge in [0.05, 0.1) is 16.0 Å². The smallest absolute Gasteiger partial charge is 0.308 e. The number of hydrogen-bond acceptors (Lipinski definition) is 5. The van der Waals surface area contributed by atoms with Gasteiger partial charge in [0, 0.05) is 31.2 Å². The van der Waals surface area contributed by atoms with Crippen molar-refractivity contribution in [1.82, 2.24) is 8.87 Å². The summed E-state index contributed by atoms with van der Waals surface area (Å²) in [5.74, 6) is -1.04. The number of fused-ring (bicyclic) bond motifs is 1. The molecule has 0 bridgehead atoms. The van der Waals surface area contributed by atoms with Crippen LogP contribution in [0.25, 0.3) is 10.2 Å². The Hall–Kier alpha value is -2.56. The summed E-state index contributed by atoms with van der Waals surface area (Å²) in [5.41, 5.74) is 2.00. The van der Waals surface area contributed by atoms with Gasteiger partial charge in [-0.1, -0.05) is 23.5 Å². The SMILES string of the molecule is CCn1c(=O)sc2cc(NC(=O)C3CCN(S(=O)(=O)Cc4ccc(F)cc4)CC3)ccc21. The number of piperidine rings is 1. The first kappa shape index (κ1) is 22.6. The Morgan fingerprint density at radius 1 is 1.16 bits per heavy atom. The van der Waals surface area contributed by atoms with Crippen molar-refractivity contribution in [3.63, 3.8) is 0 Å². The average Bonchev–Trinajstić information content (AvgIpc) is 3.09. The maximum atomic E-state index is 13.0. The fourth-order valence-electron chi connectivity index (χ4n) is 3.97. The summed E-state index contributed by atoms with van der Waals surface area (Å²) in [6.07, 6.45) is 0.854. The quantitative estimate of drug-likeness (QED) is 0.589. The number of halogens is 1. The number of nitrogens with zero attached hydrogens (tertiary/aromatic N) is 2. The van der Waals surface area contributed by atoms with E-state index in [1.54, 1.807) is 16.7 Å². The lowest BCUT2D eigenvalue weighted by molar-refractivity contribution is -0.120. The predicted octanol–water partition coefficient (Wildman–Crippen LogP) is 3.40. The van der Waals surface area contributed by atoms with Crippen molar-refractivity contribution in [2.45, 2.75) is 32.1 Å². The van der Waals surface area contributed by atoms with E-state index in [1.807, 2.05) is 13.0 Å². The van der Waals surface area contributed by atoms with Crippen molar-refractivity contribution in [3.05, 3.63) is 63.5 Å². The van der Waals surface area contributed by atoms with Crippen molar-refractivity contribution in [1.29, 1.82) is 0 Å². The summed E-state index contributed by atoms with van der Waals surface area (Å²) < 4.78 is 42.3. The first-order valence-electron chi connectivity index (χ1n) is 10.4. The summed E-state index contributed by atoms with van der Waals surface area (Å²) in [4.78, 5) is 24.7. The molecule has 1 N–H and O–H groups in total. The minimum Gasteiger partial charge on any atom is -0.326 e. The van der Waals surface area contributed by atoms with E-state index in [9.17, 15) is 22.4 Å². The zero-order valence-corrected chi connectivity index (χ0v) is 19.2. The fourth-order valence-corrected chi connectivity index (χ4v) is 6.52. The van der Waals surface area contributed by atoms with Gasteiger partial charge in [-0.3, -0.25) is 14.2 Å². The highest BCUT2D eigenvalue weighted by atomic mass is 32.2. The van der Waals surface area contributed by atoms with Gasteiger partial charge in [-0.05, 0) is 55.7 Å². The van der Waals surface area contributed by atoms with Crippen LogP contribution in [0.15, 0.2) is 47.3 Å². The number of aromatic nitrogens is 1. The average molecular weight is 478 g/mol. The van der Waals surface area contributed by atoms with Crippen LogP contribution in [0.2, 0.25) is 0 Å². The topological polar surface area (TPSA) is 88.5 Å². The van der Waals surface area contributed by atoms with Crippen molar-refractivity contribution >= 4 is 43.2 Å². The van der Waals surface area contributed by atoms with E-state index in [0.29, 0.717) is 30.6 Å². The molecule has 3 aromatic rings. The van der Waals surface area contributed by atoms with Gasteiger partial charge in [-0.2, -0.15) is 0 Å². The maximum absolute atomic E-state index is 13.0. The largest absolute Gasteiger partial charge is 0.326 e. The van der Waals surface area contributed by atoms with E-state index in [4.69, 9.17) is 0 Å². The maximum Gasteiger partial charge on any atom is 0.308 e. The molecule has 170 valence electrons. The molecule has 0 spiro atoms. The second-order valence-electron chi connectivity index (χ2n) is 7.84. The Balaban J connectivity index is 1.36. The van der Waals surface area contributed by atoms with Gasteiger partial charge in [-0.15, -0.1) is 0 Å². The molecule has 1 saturated heterocycles. The Labute approximate surface area is 189 Å². The Kier molecular flexibility index (Phi) is 6.45. The number of benzene rings is 2. The number of nitrogens with one attached hydrogen (secondary N) is 1. The zero-order valence-electron chi connectivity index (χ0n) is 17.6. The van der Waals surface area contributed by atoms with Gasteiger partial charge in [0.2, 0.25) is 15.9 Å². The summed E-state index contributed by atoms with van der Waals surface area (Å²) in [7, 11) is -3.54. The van der Waals surface area contributed by atoms with Crippen LogP contribution in [-0.2, 0) is 27.1 Å². The molecule has 32 heavy (non-hydrogen) atoms. The third-order valence-corrected chi connectivity index (χ3v) is 8.52. The molecule has 0 saturated carbocycles. The molecule has 1 aliphatic rings. The van der Waals surface area contributed by atoms with Gasteiger partial charge < -0.3 is 5.32 Å². The number of amides is 1. The number of carbonyl (C=O) groups is 1. The second-order valence-corrected chi connectivity index (χ2v) is 10.8. The molecule has 0 radical (unpaired) electrons. The van der Waals surface area contributed by atoms with E-state index in [2.05, 4.69) is 5.32 Å². The standard InChI is InChI=1S/C22H24FN3O4S2/c1-2-26-19-8-7-18(13-20(19)31-22(26)28)24-21(27)16-9-11-25(12-10-16)32(29,30)14-15-3-5-17(23)6-4-15/h3-8,13,16H,2,9-12,14H2,1H3,(H,24,27). The third-order valence-electron chi connectivity index (χ3n) is 5.73. The van der Waals surface area contributed by atoms with Gasteiger partial charge in [0.15, 0.2) is 0 Å². The van der Waals surface area contributed by atoms with Crippen LogP contribution in [0.1, 0.15) is 25.3 Å². The van der Waals surface area contributed by atoms with Gasteiger partial charge in [-0.25, -0.2) is 17.1 Å². The van der Waals surface area contributed by atoms with Crippen molar-refractivity contribution in [2.24, 2.45) is 5.92 Å². The van der Waals surface area contributed by atoms with Gasteiger partial charge in [0.1, 0.15) is 5.82 Å². The minimum atomic E-state index is -3.54. The number of carbonyl (C=O) groups excluding carboxylic acids is 1. The number of thiazole rings is 1. The minimum absolute atomic E-state index is 0.0276. The van der Waals surface area contributed by atoms with E-state index >= 15 is 0 Å². The van der Waals surface area contributed by atoms with E-state index in [1.165, 1.54) is 28.6 Å². The van der Waals surface area contributed by atoms with Crippen LogP contribution in [0.3, 0.4) is 0 Å². The van der Waals surface area contributed by atoms with Crippen molar-refractivity contribution in [3.8, 4) is 0 Å². The summed E-state index contributed by atoms with van der Waals surface area (Å²) in [6, 6.07) is 10.8. The molecule has 2 aromatic carbocycles. The predicted molar refractivity (Wildman–Crippen MR) is 124 cm³/mol. The molecule has 7 nitrogen and oxygen atoms in total. The van der Waals surface area contributed by atoms with Crippen molar-refractivity contribution in [2.75, 3.05) is 18.4 Å². The highest BCUT2D eigenvalue weighted by Gasteiger charge is 2.31. The monoisotopic (exact) mass is 477 g/mol. The number of rotatable bonds is 6. The lowest BCUT2D eigenvalue weighted by Gasteiger charge is -2.30. The molecular weight excluding hydrogens is 453 g/mol. The molecule has 0 unspecified atom stereocenters.